The first-order chi connectivity index (χ1) is 16.8. The third-order valence-corrected chi connectivity index (χ3v) is 7.80. The van der Waals surface area contributed by atoms with Crippen LogP contribution in [0.2, 0.25) is 0 Å². The van der Waals surface area contributed by atoms with E-state index < -0.39 is 15.9 Å². The van der Waals surface area contributed by atoms with Gasteiger partial charge in [0.25, 0.3) is 10.0 Å². The summed E-state index contributed by atoms with van der Waals surface area (Å²) in [5, 5.41) is 2.83. The van der Waals surface area contributed by atoms with Gasteiger partial charge in [0.15, 0.2) is 0 Å². The number of amides is 2. The molecule has 0 aliphatic carbocycles. The number of rotatable bonds is 8. The zero-order chi connectivity index (χ0) is 25.0. The van der Waals surface area contributed by atoms with Gasteiger partial charge in [0, 0.05) is 25.2 Å². The van der Waals surface area contributed by atoms with Gasteiger partial charge in [0.1, 0.15) is 6.54 Å². The molecule has 1 N–H and O–H groups in total. The lowest BCUT2D eigenvalue weighted by molar-refractivity contribution is -0.120. The summed E-state index contributed by atoms with van der Waals surface area (Å²) in [5.74, 6) is -0.325. The van der Waals surface area contributed by atoms with Crippen LogP contribution in [0.15, 0.2) is 77.7 Å². The average molecular weight is 492 g/mol. The van der Waals surface area contributed by atoms with Crippen molar-refractivity contribution in [3.05, 3.63) is 89.5 Å². The lowest BCUT2D eigenvalue weighted by Crippen LogP contribution is -2.41. The maximum absolute atomic E-state index is 13.5. The zero-order valence-corrected chi connectivity index (χ0v) is 20.7. The highest BCUT2D eigenvalue weighted by molar-refractivity contribution is 7.92. The molecule has 0 atom stereocenters. The van der Waals surface area contributed by atoms with Crippen LogP contribution < -0.4 is 14.5 Å². The van der Waals surface area contributed by atoms with E-state index in [1.807, 2.05) is 50.2 Å². The van der Waals surface area contributed by atoms with Crippen LogP contribution in [0.5, 0.6) is 0 Å². The number of nitrogens with one attached hydrogen (secondary N) is 1. The van der Waals surface area contributed by atoms with Crippen molar-refractivity contribution in [1.82, 2.24) is 5.32 Å². The lowest BCUT2D eigenvalue weighted by Gasteiger charge is -2.26. The molecule has 0 saturated carbocycles. The van der Waals surface area contributed by atoms with E-state index in [1.165, 1.54) is 12.1 Å². The minimum absolute atomic E-state index is 0.0985. The Labute approximate surface area is 206 Å². The molecule has 3 aromatic rings. The van der Waals surface area contributed by atoms with Crippen LogP contribution in [-0.2, 0) is 26.2 Å². The first-order valence-electron chi connectivity index (χ1n) is 11.6. The van der Waals surface area contributed by atoms with Gasteiger partial charge in [0.2, 0.25) is 11.8 Å². The fourth-order valence-electron chi connectivity index (χ4n) is 4.25. The Hall–Kier alpha value is -3.65. The van der Waals surface area contributed by atoms with Crippen molar-refractivity contribution in [3.8, 4) is 0 Å². The molecule has 0 radical (unpaired) electrons. The molecule has 7 nitrogen and oxygen atoms in total. The van der Waals surface area contributed by atoms with Crippen molar-refractivity contribution in [3.63, 3.8) is 0 Å². The molecule has 2 amide bonds. The van der Waals surface area contributed by atoms with Crippen LogP contribution in [0, 0.1) is 13.8 Å². The van der Waals surface area contributed by atoms with Crippen LogP contribution in [0.4, 0.5) is 11.4 Å². The summed E-state index contributed by atoms with van der Waals surface area (Å²) < 4.78 is 28.2. The minimum atomic E-state index is -3.96. The van der Waals surface area contributed by atoms with Crippen molar-refractivity contribution in [2.24, 2.45) is 0 Å². The summed E-state index contributed by atoms with van der Waals surface area (Å²) in [4.78, 5) is 26.9. The van der Waals surface area contributed by atoms with Gasteiger partial charge < -0.3 is 10.2 Å². The molecule has 0 bridgehead atoms. The molecule has 1 aliphatic heterocycles. The van der Waals surface area contributed by atoms with E-state index >= 15 is 0 Å². The van der Waals surface area contributed by atoms with Crippen LogP contribution in [0.25, 0.3) is 0 Å². The molecular weight excluding hydrogens is 462 g/mol. The van der Waals surface area contributed by atoms with Gasteiger partial charge >= 0.3 is 0 Å². The third kappa shape index (κ3) is 5.54. The molecule has 0 spiro atoms. The molecule has 1 heterocycles. The van der Waals surface area contributed by atoms with Crippen LogP contribution in [-0.4, -0.2) is 33.3 Å². The maximum Gasteiger partial charge on any atom is 0.264 e. The van der Waals surface area contributed by atoms with E-state index in [-0.39, 0.29) is 23.9 Å². The Morgan fingerprint density at radius 2 is 1.77 bits per heavy atom. The maximum atomic E-state index is 13.5. The highest BCUT2D eigenvalue weighted by Gasteiger charge is 2.28. The quantitative estimate of drug-likeness (QED) is 0.517. The van der Waals surface area contributed by atoms with E-state index in [9.17, 15) is 18.0 Å². The summed E-state index contributed by atoms with van der Waals surface area (Å²) >= 11 is 0. The summed E-state index contributed by atoms with van der Waals surface area (Å²) in [6, 6.07) is 21.0. The Morgan fingerprint density at radius 3 is 2.46 bits per heavy atom. The van der Waals surface area contributed by atoms with Gasteiger partial charge in [-0.3, -0.25) is 13.9 Å². The topological polar surface area (TPSA) is 86.8 Å². The Bertz CT molecular complexity index is 1340. The predicted octanol–water partition coefficient (Wildman–Crippen LogP) is 3.94. The number of hydrogen-bond acceptors (Lipinski definition) is 4. The molecule has 0 unspecified atom stereocenters. The number of hydrogen-bond donors (Lipinski definition) is 1. The molecule has 0 aromatic heterocycles. The molecular formula is C27H29N3O4S. The molecule has 4 rings (SSSR count). The Morgan fingerprint density at radius 1 is 1.00 bits per heavy atom. The number of benzene rings is 3. The fourth-order valence-corrected chi connectivity index (χ4v) is 5.75. The number of carbonyl (C=O) groups is 2. The summed E-state index contributed by atoms with van der Waals surface area (Å²) in [7, 11) is -3.96. The van der Waals surface area contributed by atoms with E-state index in [0.717, 1.165) is 33.1 Å². The van der Waals surface area contributed by atoms with Crippen molar-refractivity contribution in [2.45, 2.75) is 38.1 Å². The van der Waals surface area contributed by atoms with E-state index in [4.69, 9.17) is 0 Å². The molecule has 35 heavy (non-hydrogen) atoms. The van der Waals surface area contributed by atoms with Gasteiger partial charge in [-0.15, -0.1) is 0 Å². The molecule has 1 fully saturated rings. The van der Waals surface area contributed by atoms with E-state index in [1.54, 1.807) is 29.2 Å². The van der Waals surface area contributed by atoms with Crippen LogP contribution in [0.3, 0.4) is 0 Å². The summed E-state index contributed by atoms with van der Waals surface area (Å²) in [6.07, 6.45) is 1.38. The lowest BCUT2D eigenvalue weighted by atomic mass is 10.1. The number of carbonyl (C=O) groups excluding carboxylic acids is 2. The second-order valence-electron chi connectivity index (χ2n) is 8.71. The zero-order valence-electron chi connectivity index (χ0n) is 19.9. The van der Waals surface area contributed by atoms with Gasteiger partial charge in [-0.25, -0.2) is 8.42 Å². The second kappa shape index (κ2) is 10.3. The highest BCUT2D eigenvalue weighted by Crippen LogP contribution is 2.27. The van der Waals surface area contributed by atoms with Crippen molar-refractivity contribution < 1.29 is 18.0 Å². The SMILES string of the molecule is Cc1ccc(N(CC(=O)NCc2cccc(N3CCCC3=O)c2)S(=O)(=O)c2ccccc2)c(C)c1. The summed E-state index contributed by atoms with van der Waals surface area (Å²) in [6.45, 7) is 4.32. The molecule has 1 aliphatic rings. The van der Waals surface area contributed by atoms with Crippen molar-refractivity contribution >= 4 is 33.2 Å². The Balaban J connectivity index is 1.54. The predicted molar refractivity (Wildman–Crippen MR) is 137 cm³/mol. The summed E-state index contributed by atoms with van der Waals surface area (Å²) in [5.41, 5.74) is 3.87. The fraction of sp³-hybridized carbons (Fsp3) is 0.259. The first-order valence-corrected chi connectivity index (χ1v) is 13.0. The Kier molecular flexibility index (Phi) is 7.21. The first kappa shape index (κ1) is 24.5. The average Bonchev–Trinajstić information content (AvgIpc) is 3.28. The third-order valence-electron chi connectivity index (χ3n) is 6.02. The second-order valence-corrected chi connectivity index (χ2v) is 10.6. The standard InChI is InChI=1S/C27H29N3O4S/c1-20-13-14-25(21(2)16-20)30(35(33,34)24-10-4-3-5-11-24)19-26(31)28-18-22-8-6-9-23(17-22)29-15-7-12-27(29)32/h3-6,8-11,13-14,16-17H,7,12,15,18-19H2,1-2H3,(H,28,31). The number of nitrogens with zero attached hydrogens (tertiary/aromatic N) is 2. The van der Waals surface area contributed by atoms with Crippen molar-refractivity contribution in [2.75, 3.05) is 22.3 Å². The van der Waals surface area contributed by atoms with Gasteiger partial charge in [-0.2, -0.15) is 0 Å². The van der Waals surface area contributed by atoms with Gasteiger partial charge in [0.05, 0.1) is 10.6 Å². The highest BCUT2D eigenvalue weighted by atomic mass is 32.2. The smallest absolute Gasteiger partial charge is 0.264 e. The number of sulfonamides is 1. The largest absolute Gasteiger partial charge is 0.350 e. The van der Waals surface area contributed by atoms with Crippen LogP contribution >= 0.6 is 0 Å². The van der Waals surface area contributed by atoms with E-state index in [0.29, 0.717) is 18.7 Å². The molecule has 8 heteroatoms. The van der Waals surface area contributed by atoms with Gasteiger partial charge in [-0.1, -0.05) is 48.0 Å². The normalized spacial score (nSPS) is 13.7. The molecule has 182 valence electrons. The van der Waals surface area contributed by atoms with E-state index in [2.05, 4.69) is 5.32 Å². The monoisotopic (exact) mass is 491 g/mol. The number of anilines is 2. The molecule has 3 aromatic carbocycles. The van der Waals surface area contributed by atoms with Crippen molar-refractivity contribution in [1.29, 1.82) is 0 Å². The minimum Gasteiger partial charge on any atom is -0.350 e. The van der Waals surface area contributed by atoms with Crippen LogP contribution in [0.1, 0.15) is 29.5 Å². The number of aryl methyl sites for hydroxylation is 2. The van der Waals surface area contributed by atoms with Gasteiger partial charge in [-0.05, 0) is 61.7 Å². The molecule has 1 saturated heterocycles.